The number of hydrogen-bond acceptors (Lipinski definition) is 5. The molecule has 2 unspecified atom stereocenters. The van der Waals surface area contributed by atoms with E-state index in [2.05, 4.69) is 5.32 Å². The molecular formula is C23H28ClFN2O5. The highest BCUT2D eigenvalue weighted by atomic mass is 35.5. The standard InChI is InChI=1S/C23H28ClFN2O5/c1-13(2)20(27-9-8-14-6-7-15(24)10-16(14)22(27)31)21(30)26-17(18(28)12-25)11-19(29)32-23(3,4)5/h6-10,13,17,20H,11-12H2,1-5H3,(H,26,30). The number of nitrogens with one attached hydrogen (secondary N) is 1. The van der Waals surface area contributed by atoms with Gasteiger partial charge in [0.1, 0.15) is 24.4 Å². The Morgan fingerprint density at radius 3 is 2.41 bits per heavy atom. The molecule has 0 aliphatic carbocycles. The van der Waals surface area contributed by atoms with E-state index in [4.69, 9.17) is 16.3 Å². The third-order valence-corrected chi connectivity index (χ3v) is 4.96. The molecule has 1 amide bonds. The summed E-state index contributed by atoms with van der Waals surface area (Å²) in [5.41, 5.74) is -1.23. The summed E-state index contributed by atoms with van der Waals surface area (Å²) in [7, 11) is 0. The first-order chi connectivity index (χ1) is 14.8. The maximum absolute atomic E-state index is 13.1. The maximum Gasteiger partial charge on any atom is 0.308 e. The van der Waals surface area contributed by atoms with Gasteiger partial charge in [-0.15, -0.1) is 0 Å². The molecular weight excluding hydrogens is 439 g/mol. The van der Waals surface area contributed by atoms with Crippen molar-refractivity contribution < 1.29 is 23.5 Å². The van der Waals surface area contributed by atoms with Crippen LogP contribution in [0.15, 0.2) is 35.3 Å². The smallest absolute Gasteiger partial charge is 0.308 e. The van der Waals surface area contributed by atoms with Crippen LogP contribution in [0.4, 0.5) is 4.39 Å². The summed E-state index contributed by atoms with van der Waals surface area (Å²) in [6.45, 7) is 7.08. The Kier molecular flexibility index (Phi) is 8.18. The number of nitrogens with zero attached hydrogens (tertiary/aromatic N) is 1. The Morgan fingerprint density at radius 2 is 1.84 bits per heavy atom. The molecule has 0 spiro atoms. The van der Waals surface area contributed by atoms with Crippen molar-refractivity contribution in [3.05, 3.63) is 45.8 Å². The van der Waals surface area contributed by atoms with E-state index in [-0.39, 0.29) is 5.92 Å². The minimum atomic E-state index is -1.41. The number of Topliss-reactive ketones (excluding diaryl/α,β-unsaturated/α-hetero) is 1. The number of carbonyl (C=O) groups is 3. The number of benzene rings is 1. The van der Waals surface area contributed by atoms with Crippen molar-refractivity contribution in [2.24, 2.45) is 5.92 Å². The highest BCUT2D eigenvalue weighted by Gasteiger charge is 2.32. The van der Waals surface area contributed by atoms with Gasteiger partial charge in [0.15, 0.2) is 5.78 Å². The van der Waals surface area contributed by atoms with Crippen LogP contribution in [0.2, 0.25) is 5.02 Å². The predicted molar refractivity (Wildman–Crippen MR) is 120 cm³/mol. The second-order valence-electron chi connectivity index (χ2n) is 8.90. The quantitative estimate of drug-likeness (QED) is 0.600. The van der Waals surface area contributed by atoms with Crippen LogP contribution in [0.5, 0.6) is 0 Å². The molecule has 1 N–H and O–H groups in total. The van der Waals surface area contributed by atoms with E-state index < -0.39 is 54.0 Å². The highest BCUT2D eigenvalue weighted by Crippen LogP contribution is 2.21. The van der Waals surface area contributed by atoms with Crippen LogP contribution >= 0.6 is 11.6 Å². The van der Waals surface area contributed by atoms with Crippen LogP contribution in [-0.4, -0.2) is 40.5 Å². The van der Waals surface area contributed by atoms with E-state index >= 15 is 0 Å². The largest absolute Gasteiger partial charge is 0.460 e. The minimum Gasteiger partial charge on any atom is -0.460 e. The Morgan fingerprint density at radius 1 is 1.19 bits per heavy atom. The summed E-state index contributed by atoms with van der Waals surface area (Å²) >= 11 is 6.02. The van der Waals surface area contributed by atoms with Crippen LogP contribution in [0.1, 0.15) is 47.1 Å². The average Bonchev–Trinajstić information content (AvgIpc) is 2.67. The molecule has 2 aromatic rings. The number of carbonyl (C=O) groups excluding carboxylic acids is 3. The molecule has 32 heavy (non-hydrogen) atoms. The molecule has 0 bridgehead atoms. The van der Waals surface area contributed by atoms with E-state index in [1.165, 1.54) is 16.8 Å². The monoisotopic (exact) mass is 466 g/mol. The zero-order valence-corrected chi connectivity index (χ0v) is 19.5. The van der Waals surface area contributed by atoms with Gasteiger partial charge in [-0.1, -0.05) is 31.5 Å². The summed E-state index contributed by atoms with van der Waals surface area (Å²) in [6, 6.07) is 4.15. The SMILES string of the molecule is CC(C)C(C(=O)NC(CC(=O)OC(C)(C)C)C(=O)CF)n1ccc2ccc(Cl)cc2c1=O. The number of fused-ring (bicyclic) bond motifs is 1. The molecule has 0 saturated carbocycles. The fraction of sp³-hybridized carbons (Fsp3) is 0.478. The number of amides is 1. The Hall–Kier alpha value is -2.74. The summed E-state index contributed by atoms with van der Waals surface area (Å²) in [5.74, 6) is -2.74. The summed E-state index contributed by atoms with van der Waals surface area (Å²) in [4.78, 5) is 50.4. The molecule has 7 nitrogen and oxygen atoms in total. The summed E-state index contributed by atoms with van der Waals surface area (Å²) < 4.78 is 19.5. The van der Waals surface area contributed by atoms with E-state index in [0.29, 0.717) is 15.8 Å². The lowest BCUT2D eigenvalue weighted by Crippen LogP contribution is -2.48. The second kappa shape index (κ2) is 10.3. The summed E-state index contributed by atoms with van der Waals surface area (Å²) in [6.07, 6.45) is 0.974. The van der Waals surface area contributed by atoms with Crippen LogP contribution in [0.25, 0.3) is 10.8 Å². The van der Waals surface area contributed by atoms with E-state index in [1.807, 2.05) is 0 Å². The molecule has 2 rings (SSSR count). The minimum absolute atomic E-state index is 0.337. The predicted octanol–water partition coefficient (Wildman–Crippen LogP) is 3.61. The van der Waals surface area contributed by atoms with Crippen molar-refractivity contribution in [3.63, 3.8) is 0 Å². The number of ketones is 1. The third kappa shape index (κ3) is 6.38. The summed E-state index contributed by atoms with van der Waals surface area (Å²) in [5, 5.41) is 3.81. The topological polar surface area (TPSA) is 94.5 Å². The highest BCUT2D eigenvalue weighted by molar-refractivity contribution is 6.31. The number of alkyl halides is 1. The first-order valence-electron chi connectivity index (χ1n) is 10.3. The van der Waals surface area contributed by atoms with Gasteiger partial charge < -0.3 is 14.6 Å². The molecule has 174 valence electrons. The lowest BCUT2D eigenvalue weighted by Gasteiger charge is -2.26. The van der Waals surface area contributed by atoms with Gasteiger partial charge in [0.05, 0.1) is 6.42 Å². The van der Waals surface area contributed by atoms with Gasteiger partial charge in [0.25, 0.3) is 5.56 Å². The number of ether oxygens (including phenoxy) is 1. The van der Waals surface area contributed by atoms with Gasteiger partial charge in [-0.25, -0.2) is 4.39 Å². The van der Waals surface area contributed by atoms with Crippen LogP contribution < -0.4 is 10.9 Å². The molecule has 1 aromatic heterocycles. The molecule has 9 heteroatoms. The number of aromatic nitrogens is 1. The van der Waals surface area contributed by atoms with Crippen molar-refractivity contribution in [1.82, 2.24) is 9.88 Å². The van der Waals surface area contributed by atoms with Crippen molar-refractivity contribution >= 4 is 40.0 Å². The maximum atomic E-state index is 13.1. The zero-order chi connectivity index (χ0) is 24.2. The van der Waals surface area contributed by atoms with Gasteiger partial charge in [-0.2, -0.15) is 0 Å². The molecule has 1 aromatic carbocycles. The van der Waals surface area contributed by atoms with Gasteiger partial charge in [0, 0.05) is 16.6 Å². The molecule has 0 aliphatic rings. The van der Waals surface area contributed by atoms with Crippen LogP contribution in [0.3, 0.4) is 0 Å². The normalized spacial score (nSPS) is 13.6. The van der Waals surface area contributed by atoms with Crippen LogP contribution in [-0.2, 0) is 19.1 Å². The third-order valence-electron chi connectivity index (χ3n) is 4.72. The first-order valence-corrected chi connectivity index (χ1v) is 10.6. The molecule has 0 fully saturated rings. The van der Waals surface area contributed by atoms with Crippen molar-refractivity contribution in [1.29, 1.82) is 0 Å². The van der Waals surface area contributed by atoms with E-state index in [0.717, 1.165) is 0 Å². The first kappa shape index (κ1) is 25.5. The van der Waals surface area contributed by atoms with Gasteiger partial charge in [-0.05, 0) is 50.3 Å². The molecule has 0 radical (unpaired) electrons. The second-order valence-corrected chi connectivity index (χ2v) is 9.34. The van der Waals surface area contributed by atoms with Crippen molar-refractivity contribution in [2.75, 3.05) is 6.67 Å². The Labute approximate surface area is 190 Å². The van der Waals surface area contributed by atoms with E-state index in [9.17, 15) is 23.6 Å². The van der Waals surface area contributed by atoms with Crippen LogP contribution in [0, 0.1) is 5.92 Å². The number of halogens is 2. The average molecular weight is 467 g/mol. The molecule has 0 saturated heterocycles. The molecule has 1 heterocycles. The molecule has 2 atom stereocenters. The fourth-order valence-corrected chi connectivity index (χ4v) is 3.51. The number of pyridine rings is 1. The number of rotatable bonds is 8. The Bertz CT molecular complexity index is 1070. The number of hydrogen-bond donors (Lipinski definition) is 1. The van der Waals surface area contributed by atoms with E-state index in [1.54, 1.807) is 52.8 Å². The Balaban J connectivity index is 2.37. The molecule has 0 aliphatic heterocycles. The lowest BCUT2D eigenvalue weighted by atomic mass is 10.0. The lowest BCUT2D eigenvalue weighted by molar-refractivity contribution is -0.156. The van der Waals surface area contributed by atoms with Gasteiger partial charge in [-0.3, -0.25) is 19.2 Å². The van der Waals surface area contributed by atoms with Gasteiger partial charge in [0.2, 0.25) is 5.91 Å². The van der Waals surface area contributed by atoms with Crippen molar-refractivity contribution in [3.8, 4) is 0 Å². The number of esters is 1. The zero-order valence-electron chi connectivity index (χ0n) is 18.8. The fourth-order valence-electron chi connectivity index (χ4n) is 3.34. The van der Waals surface area contributed by atoms with Gasteiger partial charge >= 0.3 is 5.97 Å². The van der Waals surface area contributed by atoms with Crippen molar-refractivity contribution in [2.45, 2.75) is 58.7 Å².